The second kappa shape index (κ2) is 9.18. The minimum Gasteiger partial charge on any atom is -0.334 e. The van der Waals surface area contributed by atoms with Gasteiger partial charge in [-0.2, -0.15) is 0 Å². The van der Waals surface area contributed by atoms with Gasteiger partial charge in [0.05, 0.1) is 5.69 Å². The second-order valence-electron chi connectivity index (χ2n) is 5.92. The Kier molecular flexibility index (Phi) is 6.67. The first-order valence-electron chi connectivity index (χ1n) is 8.34. The number of carbonyl (C=O) groups is 1. The molecule has 3 aromatic rings. The molecule has 27 heavy (non-hydrogen) atoms. The van der Waals surface area contributed by atoms with E-state index < -0.39 is 0 Å². The summed E-state index contributed by atoms with van der Waals surface area (Å²) in [6, 6.07) is 20.9. The van der Waals surface area contributed by atoms with Crippen molar-refractivity contribution in [2.45, 2.75) is 23.3 Å². The number of amides is 2. The summed E-state index contributed by atoms with van der Waals surface area (Å²) in [5, 5.41) is 6.75. The van der Waals surface area contributed by atoms with Crippen LogP contribution in [-0.2, 0) is 6.54 Å². The van der Waals surface area contributed by atoms with Crippen LogP contribution in [0.5, 0.6) is 0 Å². The van der Waals surface area contributed by atoms with Gasteiger partial charge in [0.25, 0.3) is 0 Å². The molecule has 0 bridgehead atoms. The van der Waals surface area contributed by atoms with Crippen LogP contribution in [0.3, 0.4) is 0 Å². The van der Waals surface area contributed by atoms with Crippen LogP contribution >= 0.6 is 35.0 Å². The second-order valence-corrected chi connectivity index (χ2v) is 7.85. The number of halogens is 2. The van der Waals surface area contributed by atoms with E-state index in [9.17, 15) is 4.79 Å². The maximum atomic E-state index is 12.3. The smallest absolute Gasteiger partial charge is 0.319 e. The number of nitrogens with one attached hydrogen (secondary N) is 2. The van der Waals surface area contributed by atoms with E-state index in [-0.39, 0.29) is 12.6 Å². The van der Waals surface area contributed by atoms with Crippen LogP contribution in [0, 0.1) is 6.92 Å². The van der Waals surface area contributed by atoms with Crippen molar-refractivity contribution >= 4 is 46.7 Å². The minimum absolute atomic E-state index is 0.248. The average molecular weight is 417 g/mol. The molecular formula is C21H18Cl2N2OS. The highest BCUT2D eigenvalue weighted by Gasteiger charge is 2.10. The molecule has 6 heteroatoms. The van der Waals surface area contributed by atoms with Crippen LogP contribution in [0.2, 0.25) is 10.0 Å². The number of urea groups is 1. The maximum absolute atomic E-state index is 12.3. The van der Waals surface area contributed by atoms with Gasteiger partial charge in [-0.3, -0.25) is 0 Å². The standard InChI is InChI=1S/C21H18Cl2N2OS/c1-14-9-11-15(12-10-14)27-20-8-3-2-7-19(20)25-21(26)24-13-16-17(22)5-4-6-18(16)23/h2-12H,13H2,1H3,(H2,24,25,26). The van der Waals surface area contributed by atoms with Crippen LogP contribution in [0.1, 0.15) is 11.1 Å². The Morgan fingerprint density at radius 3 is 2.30 bits per heavy atom. The molecule has 0 fully saturated rings. The summed E-state index contributed by atoms with van der Waals surface area (Å²) in [6.45, 7) is 2.30. The topological polar surface area (TPSA) is 41.1 Å². The first kappa shape index (κ1) is 19.6. The van der Waals surface area contributed by atoms with Crippen molar-refractivity contribution in [1.29, 1.82) is 0 Å². The van der Waals surface area contributed by atoms with Crippen LogP contribution in [0.25, 0.3) is 0 Å². The van der Waals surface area contributed by atoms with Crippen LogP contribution in [0.4, 0.5) is 10.5 Å². The lowest BCUT2D eigenvalue weighted by molar-refractivity contribution is 0.251. The number of para-hydroxylation sites is 1. The van der Waals surface area contributed by atoms with Gasteiger partial charge < -0.3 is 10.6 Å². The highest BCUT2D eigenvalue weighted by atomic mass is 35.5. The Labute approximate surface area is 173 Å². The summed E-state index contributed by atoms with van der Waals surface area (Å²) >= 11 is 13.9. The fraction of sp³-hybridized carbons (Fsp3) is 0.0952. The number of carbonyl (C=O) groups excluding carboxylic acids is 1. The molecule has 0 aliphatic heterocycles. The molecule has 3 nitrogen and oxygen atoms in total. The van der Waals surface area contributed by atoms with Crippen molar-refractivity contribution in [3.05, 3.63) is 87.9 Å². The summed E-state index contributed by atoms with van der Waals surface area (Å²) < 4.78 is 0. The lowest BCUT2D eigenvalue weighted by Crippen LogP contribution is -2.28. The number of anilines is 1. The van der Waals surface area contributed by atoms with Gasteiger partial charge in [-0.15, -0.1) is 0 Å². The lowest BCUT2D eigenvalue weighted by atomic mass is 10.2. The molecular weight excluding hydrogens is 399 g/mol. The average Bonchev–Trinajstić information content (AvgIpc) is 2.65. The van der Waals surface area contributed by atoms with Gasteiger partial charge in [0.1, 0.15) is 0 Å². The molecule has 0 aliphatic carbocycles. The minimum atomic E-state index is -0.317. The summed E-state index contributed by atoms with van der Waals surface area (Å²) in [4.78, 5) is 14.4. The summed E-state index contributed by atoms with van der Waals surface area (Å²) in [6.07, 6.45) is 0. The van der Waals surface area contributed by atoms with E-state index in [0.29, 0.717) is 15.6 Å². The third-order valence-electron chi connectivity index (χ3n) is 3.87. The highest BCUT2D eigenvalue weighted by Crippen LogP contribution is 2.33. The van der Waals surface area contributed by atoms with Crippen LogP contribution in [0.15, 0.2) is 76.5 Å². The molecule has 0 saturated heterocycles. The van der Waals surface area contributed by atoms with Crippen molar-refractivity contribution < 1.29 is 4.79 Å². The van der Waals surface area contributed by atoms with Crippen molar-refractivity contribution in [3.8, 4) is 0 Å². The Hall–Kier alpha value is -2.14. The fourth-order valence-corrected chi connectivity index (χ4v) is 3.86. The van der Waals surface area contributed by atoms with Gasteiger partial charge in [0.2, 0.25) is 0 Å². The first-order chi connectivity index (χ1) is 13.0. The third-order valence-corrected chi connectivity index (χ3v) is 5.66. The summed E-state index contributed by atoms with van der Waals surface area (Å²) in [7, 11) is 0. The predicted molar refractivity (Wildman–Crippen MR) is 114 cm³/mol. The van der Waals surface area contributed by atoms with Crippen molar-refractivity contribution in [2.75, 3.05) is 5.32 Å². The molecule has 0 saturated carbocycles. The van der Waals surface area contributed by atoms with Crippen molar-refractivity contribution in [3.63, 3.8) is 0 Å². The summed E-state index contributed by atoms with van der Waals surface area (Å²) in [5.41, 5.74) is 2.65. The molecule has 3 rings (SSSR count). The largest absolute Gasteiger partial charge is 0.334 e. The maximum Gasteiger partial charge on any atom is 0.319 e. The number of benzene rings is 3. The molecule has 0 aliphatic rings. The monoisotopic (exact) mass is 416 g/mol. The quantitative estimate of drug-likeness (QED) is 0.481. The van der Waals surface area contributed by atoms with E-state index in [2.05, 4.69) is 41.8 Å². The van der Waals surface area contributed by atoms with Gasteiger partial charge in [-0.1, -0.05) is 70.9 Å². The van der Waals surface area contributed by atoms with Crippen molar-refractivity contribution in [1.82, 2.24) is 5.32 Å². The van der Waals surface area contributed by atoms with Gasteiger partial charge in [-0.05, 0) is 43.3 Å². The molecule has 0 atom stereocenters. The molecule has 0 spiro atoms. The van der Waals surface area contributed by atoms with E-state index in [1.807, 2.05) is 24.3 Å². The number of aryl methyl sites for hydroxylation is 1. The molecule has 0 radical (unpaired) electrons. The highest BCUT2D eigenvalue weighted by molar-refractivity contribution is 7.99. The Bertz CT molecular complexity index is 925. The van der Waals surface area contributed by atoms with Gasteiger partial charge in [0, 0.05) is 31.9 Å². The lowest BCUT2D eigenvalue weighted by Gasteiger charge is -2.13. The van der Waals surface area contributed by atoms with Crippen molar-refractivity contribution in [2.24, 2.45) is 0 Å². The zero-order chi connectivity index (χ0) is 19.2. The first-order valence-corrected chi connectivity index (χ1v) is 9.91. The molecule has 2 amide bonds. The van der Waals surface area contributed by atoms with Crippen LogP contribution in [-0.4, -0.2) is 6.03 Å². The van der Waals surface area contributed by atoms with Gasteiger partial charge >= 0.3 is 6.03 Å². The predicted octanol–water partition coefficient (Wildman–Crippen LogP) is 6.77. The fourth-order valence-electron chi connectivity index (χ4n) is 2.43. The molecule has 0 aromatic heterocycles. The number of hydrogen-bond acceptors (Lipinski definition) is 2. The Morgan fingerprint density at radius 1 is 0.926 bits per heavy atom. The Balaban J connectivity index is 1.66. The molecule has 3 aromatic carbocycles. The van der Waals surface area contributed by atoms with E-state index in [1.54, 1.807) is 30.0 Å². The molecule has 0 unspecified atom stereocenters. The zero-order valence-electron chi connectivity index (χ0n) is 14.6. The van der Waals surface area contributed by atoms with E-state index in [1.165, 1.54) is 5.56 Å². The Morgan fingerprint density at radius 2 is 1.59 bits per heavy atom. The SMILES string of the molecule is Cc1ccc(Sc2ccccc2NC(=O)NCc2c(Cl)cccc2Cl)cc1. The number of hydrogen-bond donors (Lipinski definition) is 2. The van der Waals surface area contributed by atoms with Gasteiger partial charge in [0.15, 0.2) is 0 Å². The van der Waals surface area contributed by atoms with Crippen LogP contribution < -0.4 is 10.6 Å². The van der Waals surface area contributed by atoms with Gasteiger partial charge in [-0.25, -0.2) is 4.79 Å². The zero-order valence-corrected chi connectivity index (χ0v) is 17.0. The normalized spacial score (nSPS) is 10.5. The van der Waals surface area contributed by atoms with E-state index in [0.717, 1.165) is 15.5 Å². The third kappa shape index (κ3) is 5.42. The number of rotatable bonds is 5. The molecule has 138 valence electrons. The van der Waals surface area contributed by atoms with E-state index >= 15 is 0 Å². The molecule has 0 heterocycles. The van der Waals surface area contributed by atoms with E-state index in [4.69, 9.17) is 23.2 Å². The summed E-state index contributed by atoms with van der Waals surface area (Å²) in [5.74, 6) is 0. The molecule has 2 N–H and O–H groups in total.